The smallest absolute Gasteiger partial charge is 0.333 e. The van der Waals surface area contributed by atoms with E-state index >= 15 is 0 Å². The molecular formula is C55H96O18. The maximum absolute atomic E-state index is 13.2. The van der Waals surface area contributed by atoms with E-state index in [9.17, 15) is 86.2 Å². The van der Waals surface area contributed by atoms with Gasteiger partial charge in [0.25, 0.3) is 0 Å². The lowest BCUT2D eigenvalue weighted by atomic mass is 9.82. The second kappa shape index (κ2) is 34.7. The summed E-state index contributed by atoms with van der Waals surface area (Å²) in [7, 11) is 0. The van der Waals surface area contributed by atoms with Crippen LogP contribution in [0.3, 0.4) is 0 Å². The third kappa shape index (κ3) is 25.7. The molecule has 15 N–H and O–H groups in total. The van der Waals surface area contributed by atoms with Gasteiger partial charge < -0.3 is 81.3 Å². The van der Waals surface area contributed by atoms with Gasteiger partial charge in [0, 0.05) is 60.3 Å². The molecule has 0 amide bonds. The van der Waals surface area contributed by atoms with Gasteiger partial charge in [-0.15, -0.1) is 0 Å². The average molecular weight is 1050 g/mol. The maximum atomic E-state index is 13.2. The van der Waals surface area contributed by atoms with E-state index in [1.165, 1.54) is 32.1 Å². The molecule has 18 nitrogen and oxygen atoms in total. The fourth-order valence-electron chi connectivity index (χ4n) is 9.04. The molecule has 22 unspecified atom stereocenters. The number of hydrogen-bond donors (Lipinski definition) is 15. The highest BCUT2D eigenvalue weighted by molar-refractivity contribution is 5.87. The molecule has 0 saturated heterocycles. The van der Waals surface area contributed by atoms with Crippen LogP contribution in [0.4, 0.5) is 0 Å². The zero-order valence-electron chi connectivity index (χ0n) is 44.7. The second-order valence-electron chi connectivity index (χ2n) is 21.4. The summed E-state index contributed by atoms with van der Waals surface area (Å²) in [6, 6.07) is 0. The zero-order valence-corrected chi connectivity index (χ0v) is 44.7. The largest absolute Gasteiger partial charge is 0.481 e. The molecule has 1 aliphatic rings. The van der Waals surface area contributed by atoms with Gasteiger partial charge in [0.05, 0.1) is 85.5 Å². The summed E-state index contributed by atoms with van der Waals surface area (Å²) >= 11 is 0. The Morgan fingerprint density at radius 2 is 1.11 bits per heavy atom. The molecule has 1 aliphatic heterocycles. The SMILES string of the molecule is C/C1=C\CCC(C)C(O)C(C)C(O)CC/C=C/C(C)C(O)/C=C/C(C)C(O)/C(C)=C/C(O)C(O)CC(O)CC(O)CC(O)C(C)C(O)C(C)C(O)CC(O)CC(O)/C=C/CC(O)C(C)C(CCC(=O)O)OC1=O. The molecule has 0 aromatic rings. The van der Waals surface area contributed by atoms with Gasteiger partial charge in [-0.25, -0.2) is 4.79 Å². The first-order valence-corrected chi connectivity index (χ1v) is 26.3. The van der Waals surface area contributed by atoms with Crippen LogP contribution in [0.2, 0.25) is 0 Å². The standard InChI is InChI=1S/C55H96O18/c1-30-14-10-11-18-45(62)36(7)53(70)31(2)15-12-16-33(4)55(72)73-50(22-23-51(67)68)35(6)44(61)19-13-17-39(56)25-40(57)27-46(63)37(8)54(71)38(9)47(64)28-41(58)26-42(59)29-49(66)48(65)24-34(5)52(69)32(3)20-21-43(30)60/h10,13-14,16-17,20-21,24,30-32,35-50,52-54,56-66,69-71H,11-12,15,18-19,22-23,25-29H2,1-9H3,(H,67,68)/b14-10+,17-13+,21-20+,33-16+,34-24+. The molecule has 22 atom stereocenters. The fourth-order valence-corrected chi connectivity index (χ4v) is 9.04. The minimum atomic E-state index is -1.49. The van der Waals surface area contributed by atoms with Gasteiger partial charge in [-0.1, -0.05) is 97.1 Å². The minimum absolute atomic E-state index is 0.0250. The van der Waals surface area contributed by atoms with Gasteiger partial charge in [-0.2, -0.15) is 0 Å². The Kier molecular flexibility index (Phi) is 32.4. The number of carboxylic acids is 1. The number of carboxylic acid groups (broad SMARTS) is 1. The van der Waals surface area contributed by atoms with E-state index < -0.39 is 133 Å². The molecule has 0 aromatic heterocycles. The minimum Gasteiger partial charge on any atom is -0.481 e. The summed E-state index contributed by atoms with van der Waals surface area (Å²) < 4.78 is 5.72. The second-order valence-corrected chi connectivity index (χ2v) is 21.4. The number of cyclic esters (lactones) is 1. The van der Waals surface area contributed by atoms with Crippen molar-refractivity contribution in [3.05, 3.63) is 59.8 Å². The number of esters is 1. The third-order valence-electron chi connectivity index (χ3n) is 14.9. The Balaban J connectivity index is 3.28. The number of aliphatic carboxylic acids is 1. The molecule has 0 aliphatic carbocycles. The monoisotopic (exact) mass is 1040 g/mol. The van der Waals surface area contributed by atoms with Gasteiger partial charge in [-0.3, -0.25) is 4.79 Å². The van der Waals surface area contributed by atoms with Crippen molar-refractivity contribution in [1.82, 2.24) is 0 Å². The average Bonchev–Trinajstić information content (AvgIpc) is 3.32. The summed E-state index contributed by atoms with van der Waals surface area (Å²) in [5.41, 5.74) is 0.574. The normalized spacial score (nSPS) is 43.6. The van der Waals surface area contributed by atoms with Crippen molar-refractivity contribution in [3.8, 4) is 0 Å². The quantitative estimate of drug-likeness (QED) is 0.143. The predicted octanol–water partition coefficient (Wildman–Crippen LogP) is 2.74. The van der Waals surface area contributed by atoms with Gasteiger partial charge in [0.15, 0.2) is 0 Å². The van der Waals surface area contributed by atoms with Crippen LogP contribution >= 0.6 is 0 Å². The van der Waals surface area contributed by atoms with Crippen molar-refractivity contribution in [1.29, 1.82) is 0 Å². The van der Waals surface area contributed by atoms with E-state index in [0.29, 0.717) is 31.3 Å². The number of hydrogen-bond acceptors (Lipinski definition) is 17. The van der Waals surface area contributed by atoms with E-state index in [0.717, 1.165) is 0 Å². The highest BCUT2D eigenvalue weighted by Crippen LogP contribution is 2.28. The van der Waals surface area contributed by atoms with Crippen LogP contribution in [0.25, 0.3) is 0 Å². The molecule has 73 heavy (non-hydrogen) atoms. The van der Waals surface area contributed by atoms with E-state index in [4.69, 9.17) is 4.74 Å². The van der Waals surface area contributed by atoms with Crippen LogP contribution < -0.4 is 0 Å². The van der Waals surface area contributed by atoms with Gasteiger partial charge in [0.1, 0.15) is 6.10 Å². The Bertz CT molecular complexity index is 1720. The number of carbonyl (C=O) groups is 2. The van der Waals surface area contributed by atoms with Crippen molar-refractivity contribution in [2.45, 2.75) is 231 Å². The molecule has 0 saturated carbocycles. The van der Waals surface area contributed by atoms with Crippen LogP contribution in [0.5, 0.6) is 0 Å². The van der Waals surface area contributed by atoms with Crippen LogP contribution in [0.1, 0.15) is 139 Å². The Morgan fingerprint density at radius 1 is 0.562 bits per heavy atom. The van der Waals surface area contributed by atoms with Gasteiger partial charge in [-0.05, 0) is 83.1 Å². The van der Waals surface area contributed by atoms with E-state index in [2.05, 4.69) is 0 Å². The van der Waals surface area contributed by atoms with E-state index in [-0.39, 0.29) is 68.8 Å². The highest BCUT2D eigenvalue weighted by Gasteiger charge is 2.34. The molecule has 1 rings (SSSR count). The molecule has 0 fully saturated rings. The van der Waals surface area contributed by atoms with E-state index in [1.807, 2.05) is 13.0 Å². The lowest BCUT2D eigenvalue weighted by Crippen LogP contribution is -2.41. The van der Waals surface area contributed by atoms with Crippen molar-refractivity contribution in [3.63, 3.8) is 0 Å². The predicted molar refractivity (Wildman–Crippen MR) is 276 cm³/mol. The summed E-state index contributed by atoms with van der Waals surface area (Å²) in [6.07, 6.45) is -5.39. The summed E-state index contributed by atoms with van der Waals surface area (Å²) in [5, 5.41) is 161. The molecule has 0 bridgehead atoms. The zero-order chi connectivity index (χ0) is 55.9. The van der Waals surface area contributed by atoms with Crippen molar-refractivity contribution >= 4 is 11.9 Å². The fraction of sp³-hybridized carbons (Fsp3) is 0.782. The molecule has 424 valence electrons. The summed E-state index contributed by atoms with van der Waals surface area (Å²) in [6.45, 7) is 14.8. The van der Waals surface area contributed by atoms with Gasteiger partial charge >= 0.3 is 11.9 Å². The Hall–Kier alpha value is -2.92. The molecular weight excluding hydrogens is 949 g/mol. The molecule has 0 spiro atoms. The first-order chi connectivity index (χ1) is 34.0. The first-order valence-electron chi connectivity index (χ1n) is 26.3. The molecule has 18 heteroatoms. The summed E-state index contributed by atoms with van der Waals surface area (Å²) in [4.78, 5) is 24.7. The van der Waals surface area contributed by atoms with Crippen LogP contribution in [0.15, 0.2) is 59.8 Å². The third-order valence-corrected chi connectivity index (χ3v) is 14.9. The van der Waals surface area contributed by atoms with Crippen LogP contribution in [0, 0.1) is 41.4 Å². The van der Waals surface area contributed by atoms with Crippen LogP contribution in [-0.4, -0.2) is 180 Å². The first kappa shape index (κ1) is 68.1. The molecule has 1 heterocycles. The lowest BCUT2D eigenvalue weighted by Gasteiger charge is -2.33. The number of aliphatic hydroxyl groups is 14. The van der Waals surface area contributed by atoms with Crippen LogP contribution in [-0.2, 0) is 14.3 Å². The summed E-state index contributed by atoms with van der Waals surface area (Å²) in [5.74, 6) is -5.91. The van der Waals surface area contributed by atoms with Gasteiger partial charge in [0.2, 0.25) is 0 Å². The maximum Gasteiger partial charge on any atom is 0.333 e. The van der Waals surface area contributed by atoms with E-state index in [1.54, 1.807) is 65.8 Å². The lowest BCUT2D eigenvalue weighted by molar-refractivity contribution is -0.151. The van der Waals surface area contributed by atoms with Crippen molar-refractivity contribution in [2.24, 2.45) is 41.4 Å². The van der Waals surface area contributed by atoms with Crippen molar-refractivity contribution < 1.29 is 90.9 Å². The number of ether oxygens (including phenoxy) is 1. The molecule has 0 aromatic carbocycles. The molecule has 0 radical (unpaired) electrons. The number of aliphatic hydroxyl groups excluding tert-OH is 14. The highest BCUT2D eigenvalue weighted by atomic mass is 16.5. The number of allylic oxidation sites excluding steroid dienone is 2. The Morgan fingerprint density at radius 3 is 1.68 bits per heavy atom. The van der Waals surface area contributed by atoms with Crippen molar-refractivity contribution in [2.75, 3.05) is 0 Å². The topological polar surface area (TPSA) is 347 Å². The number of rotatable bonds is 3. The Labute approximate surface area is 433 Å². The number of carbonyl (C=O) groups excluding carboxylic acids is 1.